The van der Waals surface area contributed by atoms with Gasteiger partial charge in [0.05, 0.1) is 11.1 Å². The van der Waals surface area contributed by atoms with Crippen LogP contribution in [0.5, 0.6) is 0 Å². The molecule has 4 rings (SSSR count). The summed E-state index contributed by atoms with van der Waals surface area (Å²) in [6.45, 7) is 6.33. The molecule has 0 spiro atoms. The van der Waals surface area contributed by atoms with E-state index in [-0.39, 0.29) is 5.91 Å². The van der Waals surface area contributed by atoms with Crippen LogP contribution in [0.2, 0.25) is 5.02 Å². The molecule has 2 heterocycles. The molecule has 0 aliphatic carbocycles. The number of para-hydroxylation sites is 1. The average Bonchev–Trinajstić information content (AvgIpc) is 2.79. The van der Waals surface area contributed by atoms with Crippen molar-refractivity contribution >= 4 is 40.2 Å². The summed E-state index contributed by atoms with van der Waals surface area (Å²) in [6.07, 6.45) is 4.82. The number of carbonyl (C=O) groups is 1. The fourth-order valence-corrected chi connectivity index (χ4v) is 5.45. The molecule has 1 fully saturated rings. The largest absolute Gasteiger partial charge is 0.352 e. The summed E-state index contributed by atoms with van der Waals surface area (Å²) >= 11 is 7.54. The van der Waals surface area contributed by atoms with Crippen LogP contribution in [-0.2, 0) is 0 Å². The Kier molecular flexibility index (Phi) is 7.71. The maximum atomic E-state index is 13.1. The Morgan fingerprint density at radius 2 is 1.84 bits per heavy atom. The number of amides is 1. The first-order chi connectivity index (χ1) is 15.5. The number of benzene rings is 2. The molecule has 1 saturated heterocycles. The lowest BCUT2D eigenvalue weighted by atomic mass is 9.97. The summed E-state index contributed by atoms with van der Waals surface area (Å²) in [5.41, 5.74) is 1.50. The number of rotatable bonds is 7. The summed E-state index contributed by atoms with van der Waals surface area (Å²) in [7, 11) is 0. The number of halogens is 1. The van der Waals surface area contributed by atoms with Gasteiger partial charge in [-0.2, -0.15) is 0 Å². The quantitative estimate of drug-likeness (QED) is 0.407. The highest BCUT2D eigenvalue weighted by molar-refractivity contribution is 7.99. The number of likely N-dealkylation sites (tertiary alicyclic amines) is 1. The van der Waals surface area contributed by atoms with Gasteiger partial charge in [0.2, 0.25) is 0 Å². The van der Waals surface area contributed by atoms with E-state index in [2.05, 4.69) is 24.1 Å². The smallest absolute Gasteiger partial charge is 0.252 e. The minimum atomic E-state index is -0.0405. The monoisotopic (exact) mass is 467 g/mol. The highest BCUT2D eigenvalue weighted by Gasteiger charge is 2.23. The van der Waals surface area contributed by atoms with E-state index >= 15 is 0 Å². The number of aromatic nitrogens is 1. The van der Waals surface area contributed by atoms with Gasteiger partial charge in [0.15, 0.2) is 0 Å². The van der Waals surface area contributed by atoms with Crippen molar-refractivity contribution in [1.29, 1.82) is 0 Å². The summed E-state index contributed by atoms with van der Waals surface area (Å²) < 4.78 is 0. The fraction of sp³-hybridized carbons (Fsp3) is 0.385. The van der Waals surface area contributed by atoms with E-state index in [1.54, 1.807) is 0 Å². The first-order valence-corrected chi connectivity index (χ1v) is 12.6. The topological polar surface area (TPSA) is 45.2 Å². The van der Waals surface area contributed by atoms with Crippen molar-refractivity contribution in [3.8, 4) is 0 Å². The van der Waals surface area contributed by atoms with Crippen LogP contribution < -0.4 is 5.32 Å². The van der Waals surface area contributed by atoms with Gasteiger partial charge in [-0.25, -0.2) is 4.98 Å². The number of hydrogen-bond acceptors (Lipinski definition) is 4. The van der Waals surface area contributed by atoms with Crippen LogP contribution in [0, 0.1) is 0 Å². The predicted octanol–water partition coefficient (Wildman–Crippen LogP) is 6.42. The molecule has 0 saturated carbocycles. The van der Waals surface area contributed by atoms with Crippen LogP contribution in [0.25, 0.3) is 10.9 Å². The SMILES string of the molecule is C[C@@H]1CCC[C@@H](C)N1CCCNC(=O)c1cc(Sc2ccc(Cl)cc2)nc2ccccc12. The normalized spacial score (nSPS) is 19.2. The third-order valence-electron chi connectivity index (χ3n) is 6.23. The molecule has 1 amide bonds. The average molecular weight is 468 g/mol. The van der Waals surface area contributed by atoms with Gasteiger partial charge in [-0.05, 0) is 69.5 Å². The van der Waals surface area contributed by atoms with Gasteiger partial charge in [0.25, 0.3) is 5.91 Å². The molecule has 2 atom stereocenters. The molecular formula is C26H30ClN3OS. The maximum absolute atomic E-state index is 13.1. The summed E-state index contributed by atoms with van der Waals surface area (Å²) in [4.78, 5) is 21.5. The Balaban J connectivity index is 1.44. The number of carbonyl (C=O) groups excluding carboxylic acids is 1. The van der Waals surface area contributed by atoms with Gasteiger partial charge < -0.3 is 5.32 Å². The minimum Gasteiger partial charge on any atom is -0.352 e. The summed E-state index contributed by atoms with van der Waals surface area (Å²) in [5, 5.41) is 5.52. The second-order valence-electron chi connectivity index (χ2n) is 8.56. The molecule has 6 heteroatoms. The number of fused-ring (bicyclic) bond motifs is 1. The number of nitrogens with zero attached hydrogens (tertiary/aromatic N) is 2. The fourth-order valence-electron chi connectivity index (χ4n) is 4.49. The van der Waals surface area contributed by atoms with E-state index in [0.29, 0.717) is 29.2 Å². The first kappa shape index (κ1) is 23.1. The van der Waals surface area contributed by atoms with Crippen molar-refractivity contribution in [2.45, 2.75) is 61.5 Å². The Morgan fingerprint density at radius 3 is 2.59 bits per heavy atom. The van der Waals surface area contributed by atoms with E-state index < -0.39 is 0 Å². The zero-order valence-corrected chi connectivity index (χ0v) is 20.3. The van der Waals surface area contributed by atoms with Crippen molar-refractivity contribution in [3.05, 3.63) is 65.2 Å². The van der Waals surface area contributed by atoms with Crippen LogP contribution in [0.4, 0.5) is 0 Å². The Bertz CT molecular complexity index is 1060. The van der Waals surface area contributed by atoms with Crippen LogP contribution >= 0.6 is 23.4 Å². The zero-order valence-electron chi connectivity index (χ0n) is 18.7. The molecule has 1 aliphatic heterocycles. The molecule has 32 heavy (non-hydrogen) atoms. The highest BCUT2D eigenvalue weighted by Crippen LogP contribution is 2.30. The standard InChI is InChI=1S/C26H30ClN3OS/c1-18-7-5-8-19(2)30(18)16-6-15-28-26(31)23-17-25(29-24-10-4-3-9-22(23)24)32-21-13-11-20(27)12-14-21/h3-4,9-14,17-19H,5-8,15-16H2,1-2H3,(H,28,31)/t18-,19-/m1/s1. The Hall–Kier alpha value is -2.08. The van der Waals surface area contributed by atoms with Crippen LogP contribution in [-0.4, -0.2) is 41.0 Å². The van der Waals surface area contributed by atoms with Crippen molar-refractivity contribution in [2.24, 2.45) is 0 Å². The molecule has 0 unspecified atom stereocenters. The predicted molar refractivity (Wildman–Crippen MR) is 134 cm³/mol. The highest BCUT2D eigenvalue weighted by atomic mass is 35.5. The molecule has 1 N–H and O–H groups in total. The molecule has 0 radical (unpaired) electrons. The van der Waals surface area contributed by atoms with Gasteiger partial charge in [0.1, 0.15) is 5.03 Å². The Morgan fingerprint density at radius 1 is 1.12 bits per heavy atom. The van der Waals surface area contributed by atoms with E-state index in [1.165, 1.54) is 31.0 Å². The molecule has 2 aromatic carbocycles. The number of piperidine rings is 1. The molecule has 0 bridgehead atoms. The first-order valence-electron chi connectivity index (χ1n) is 11.4. The summed E-state index contributed by atoms with van der Waals surface area (Å²) in [5.74, 6) is -0.0405. The lowest BCUT2D eigenvalue weighted by Crippen LogP contribution is -2.44. The van der Waals surface area contributed by atoms with E-state index in [4.69, 9.17) is 16.6 Å². The zero-order chi connectivity index (χ0) is 22.5. The van der Waals surface area contributed by atoms with E-state index in [9.17, 15) is 4.79 Å². The lowest BCUT2D eigenvalue weighted by molar-refractivity contribution is 0.0926. The van der Waals surface area contributed by atoms with E-state index in [0.717, 1.165) is 33.8 Å². The Labute approximate surface area is 199 Å². The molecule has 4 nitrogen and oxygen atoms in total. The van der Waals surface area contributed by atoms with Crippen LogP contribution in [0.3, 0.4) is 0 Å². The van der Waals surface area contributed by atoms with Gasteiger partial charge in [-0.15, -0.1) is 0 Å². The summed E-state index contributed by atoms with van der Waals surface area (Å²) in [6, 6.07) is 18.6. The van der Waals surface area contributed by atoms with Gasteiger partial charge in [-0.1, -0.05) is 48.0 Å². The van der Waals surface area contributed by atoms with Crippen molar-refractivity contribution < 1.29 is 4.79 Å². The van der Waals surface area contributed by atoms with Gasteiger partial charge in [0, 0.05) is 40.5 Å². The number of nitrogens with one attached hydrogen (secondary N) is 1. The minimum absolute atomic E-state index is 0.0405. The van der Waals surface area contributed by atoms with Crippen molar-refractivity contribution in [3.63, 3.8) is 0 Å². The number of hydrogen-bond donors (Lipinski definition) is 1. The third-order valence-corrected chi connectivity index (χ3v) is 7.41. The van der Waals surface area contributed by atoms with Crippen molar-refractivity contribution in [2.75, 3.05) is 13.1 Å². The van der Waals surface area contributed by atoms with Gasteiger partial charge in [-0.3, -0.25) is 9.69 Å². The van der Waals surface area contributed by atoms with Gasteiger partial charge >= 0.3 is 0 Å². The van der Waals surface area contributed by atoms with Crippen LogP contribution in [0.1, 0.15) is 49.9 Å². The molecule has 168 valence electrons. The van der Waals surface area contributed by atoms with E-state index in [1.807, 2.05) is 54.6 Å². The van der Waals surface area contributed by atoms with Crippen molar-refractivity contribution in [1.82, 2.24) is 15.2 Å². The molecule has 1 aromatic heterocycles. The number of pyridine rings is 1. The molecular weight excluding hydrogens is 438 g/mol. The third kappa shape index (κ3) is 5.64. The molecule has 1 aliphatic rings. The van der Waals surface area contributed by atoms with Crippen LogP contribution in [0.15, 0.2) is 64.5 Å². The second-order valence-corrected chi connectivity index (χ2v) is 10.1. The second kappa shape index (κ2) is 10.7. The maximum Gasteiger partial charge on any atom is 0.252 e. The lowest BCUT2D eigenvalue weighted by Gasteiger charge is -2.39. The molecule has 3 aromatic rings.